The smallest absolute Gasteiger partial charge is 0.307 e. The fourth-order valence-corrected chi connectivity index (χ4v) is 2.97. The normalized spacial score (nSPS) is 20.4. The molecule has 0 unspecified atom stereocenters. The van der Waals surface area contributed by atoms with E-state index in [1.54, 1.807) is 24.3 Å². The summed E-state index contributed by atoms with van der Waals surface area (Å²) in [6, 6.07) is 7.06. The molecule has 2 rings (SSSR count). The van der Waals surface area contributed by atoms with Crippen LogP contribution in [-0.2, 0) is 14.3 Å². The number of ether oxygens (including phenoxy) is 2. The number of hydrogen-bond acceptors (Lipinski definition) is 4. The van der Waals surface area contributed by atoms with Gasteiger partial charge in [0.25, 0.3) is 0 Å². The first-order valence-electron chi connectivity index (χ1n) is 8.46. The van der Waals surface area contributed by atoms with Gasteiger partial charge in [0.1, 0.15) is 12.4 Å². The van der Waals surface area contributed by atoms with E-state index in [0.717, 1.165) is 12.8 Å². The van der Waals surface area contributed by atoms with Gasteiger partial charge in [-0.3, -0.25) is 9.59 Å². The van der Waals surface area contributed by atoms with Gasteiger partial charge in [-0.25, -0.2) is 0 Å². The number of anilines is 1. The highest BCUT2D eigenvalue weighted by atomic mass is 16.5. The van der Waals surface area contributed by atoms with Gasteiger partial charge in [-0.2, -0.15) is 0 Å². The van der Waals surface area contributed by atoms with Crippen LogP contribution in [-0.4, -0.2) is 36.8 Å². The number of nitrogens with one attached hydrogen (secondary N) is 1. The van der Waals surface area contributed by atoms with Gasteiger partial charge in [-0.1, -0.05) is 12.8 Å². The molecule has 2 N–H and O–H groups in total. The Bertz CT molecular complexity index is 543. The predicted octanol–water partition coefficient (Wildman–Crippen LogP) is 2.93. The Labute approximate surface area is 142 Å². The Balaban J connectivity index is 1.88. The molecule has 1 aliphatic rings. The van der Waals surface area contributed by atoms with Crippen molar-refractivity contribution < 1.29 is 24.2 Å². The van der Waals surface area contributed by atoms with Gasteiger partial charge in [-0.15, -0.1) is 0 Å². The van der Waals surface area contributed by atoms with Crippen LogP contribution in [0.25, 0.3) is 0 Å². The van der Waals surface area contributed by atoms with Crippen molar-refractivity contribution in [1.82, 2.24) is 0 Å². The first-order valence-corrected chi connectivity index (χ1v) is 8.46. The van der Waals surface area contributed by atoms with Gasteiger partial charge in [-0.05, 0) is 44.0 Å². The van der Waals surface area contributed by atoms with E-state index in [9.17, 15) is 14.7 Å². The fourth-order valence-electron chi connectivity index (χ4n) is 2.97. The topological polar surface area (TPSA) is 84.9 Å². The maximum Gasteiger partial charge on any atom is 0.307 e. The Hall–Kier alpha value is -2.08. The first-order chi connectivity index (χ1) is 11.6. The van der Waals surface area contributed by atoms with E-state index in [4.69, 9.17) is 9.47 Å². The standard InChI is InChI=1S/C18H25NO5/c1-2-23-11-12-24-14-9-7-13(8-10-14)19-17(20)15-5-3-4-6-16(15)18(21)22/h7-10,15-16H,2-6,11-12H2,1H3,(H,19,20)(H,21,22)/t15-,16-/m0/s1. The Kier molecular flexibility index (Phi) is 7.06. The summed E-state index contributed by atoms with van der Waals surface area (Å²) in [5.41, 5.74) is 0.645. The van der Waals surface area contributed by atoms with E-state index in [-0.39, 0.29) is 5.91 Å². The number of carboxylic acid groups (broad SMARTS) is 1. The zero-order chi connectivity index (χ0) is 17.4. The fraction of sp³-hybridized carbons (Fsp3) is 0.556. The minimum absolute atomic E-state index is 0.216. The molecule has 1 aromatic carbocycles. The highest BCUT2D eigenvalue weighted by Crippen LogP contribution is 2.31. The lowest BCUT2D eigenvalue weighted by Crippen LogP contribution is -2.36. The van der Waals surface area contributed by atoms with Crippen LogP contribution in [0.2, 0.25) is 0 Å². The molecule has 0 radical (unpaired) electrons. The second-order valence-electron chi connectivity index (χ2n) is 5.89. The maximum atomic E-state index is 12.4. The number of aliphatic carboxylic acids is 1. The summed E-state index contributed by atoms with van der Waals surface area (Å²) in [4.78, 5) is 23.7. The van der Waals surface area contributed by atoms with Crippen molar-refractivity contribution in [3.8, 4) is 5.75 Å². The van der Waals surface area contributed by atoms with Crippen LogP contribution < -0.4 is 10.1 Å². The minimum Gasteiger partial charge on any atom is -0.491 e. The van der Waals surface area contributed by atoms with Crippen molar-refractivity contribution in [2.24, 2.45) is 11.8 Å². The highest BCUT2D eigenvalue weighted by molar-refractivity contribution is 5.95. The van der Waals surface area contributed by atoms with Crippen molar-refractivity contribution in [1.29, 1.82) is 0 Å². The second-order valence-corrected chi connectivity index (χ2v) is 5.89. The molecule has 0 aromatic heterocycles. The van der Waals surface area contributed by atoms with E-state index in [1.807, 2.05) is 6.92 Å². The van der Waals surface area contributed by atoms with Crippen molar-refractivity contribution in [2.75, 3.05) is 25.1 Å². The summed E-state index contributed by atoms with van der Waals surface area (Å²) in [5, 5.41) is 12.1. The van der Waals surface area contributed by atoms with Crippen molar-refractivity contribution >= 4 is 17.6 Å². The van der Waals surface area contributed by atoms with E-state index in [0.29, 0.717) is 44.1 Å². The van der Waals surface area contributed by atoms with Crippen LogP contribution in [0.5, 0.6) is 5.75 Å². The number of carbonyl (C=O) groups excluding carboxylic acids is 1. The summed E-state index contributed by atoms with van der Waals surface area (Å²) in [7, 11) is 0. The SMILES string of the molecule is CCOCCOc1ccc(NC(=O)[C@H]2CCCC[C@@H]2C(=O)O)cc1. The largest absolute Gasteiger partial charge is 0.491 e. The van der Waals surface area contributed by atoms with Crippen LogP contribution in [0.15, 0.2) is 24.3 Å². The predicted molar refractivity (Wildman–Crippen MR) is 90.1 cm³/mol. The molecule has 0 saturated heterocycles. The number of carboxylic acids is 1. The number of amides is 1. The summed E-state index contributed by atoms with van der Waals surface area (Å²) in [6.07, 6.45) is 2.96. The third kappa shape index (κ3) is 5.23. The molecule has 2 atom stereocenters. The molecule has 1 aromatic rings. The van der Waals surface area contributed by atoms with Crippen molar-refractivity contribution in [2.45, 2.75) is 32.6 Å². The van der Waals surface area contributed by atoms with Gasteiger partial charge >= 0.3 is 5.97 Å². The van der Waals surface area contributed by atoms with Crippen LogP contribution in [0.4, 0.5) is 5.69 Å². The zero-order valence-corrected chi connectivity index (χ0v) is 14.0. The Morgan fingerprint density at radius 1 is 1.12 bits per heavy atom. The molecular formula is C18H25NO5. The number of hydrogen-bond donors (Lipinski definition) is 2. The van der Waals surface area contributed by atoms with Gasteiger partial charge in [0.05, 0.1) is 18.4 Å². The third-order valence-electron chi connectivity index (χ3n) is 4.24. The first kappa shape index (κ1) is 18.3. The number of benzene rings is 1. The zero-order valence-electron chi connectivity index (χ0n) is 14.0. The Morgan fingerprint density at radius 2 is 1.79 bits per heavy atom. The quantitative estimate of drug-likeness (QED) is 0.714. The molecule has 0 bridgehead atoms. The summed E-state index contributed by atoms with van der Waals surface area (Å²) >= 11 is 0. The lowest BCUT2D eigenvalue weighted by molar-refractivity contribution is -0.147. The molecule has 6 nitrogen and oxygen atoms in total. The van der Waals surface area contributed by atoms with Gasteiger partial charge < -0.3 is 19.9 Å². The number of rotatable bonds is 8. The van der Waals surface area contributed by atoms with Crippen LogP contribution >= 0.6 is 0 Å². The molecule has 1 aliphatic carbocycles. The maximum absolute atomic E-state index is 12.4. The molecule has 1 fully saturated rings. The lowest BCUT2D eigenvalue weighted by Gasteiger charge is -2.27. The molecule has 132 valence electrons. The monoisotopic (exact) mass is 335 g/mol. The van der Waals surface area contributed by atoms with Gasteiger partial charge in [0.2, 0.25) is 5.91 Å². The third-order valence-corrected chi connectivity index (χ3v) is 4.24. The van der Waals surface area contributed by atoms with Crippen molar-refractivity contribution in [3.05, 3.63) is 24.3 Å². The van der Waals surface area contributed by atoms with Crippen molar-refractivity contribution in [3.63, 3.8) is 0 Å². The summed E-state index contributed by atoms with van der Waals surface area (Å²) < 4.78 is 10.7. The molecule has 1 amide bonds. The van der Waals surface area contributed by atoms with Crippen LogP contribution in [0, 0.1) is 11.8 Å². The van der Waals surface area contributed by atoms with Crippen LogP contribution in [0.1, 0.15) is 32.6 Å². The molecule has 0 aliphatic heterocycles. The number of carbonyl (C=O) groups is 2. The lowest BCUT2D eigenvalue weighted by atomic mass is 9.78. The second kappa shape index (κ2) is 9.27. The van der Waals surface area contributed by atoms with Gasteiger partial charge in [0.15, 0.2) is 0 Å². The summed E-state index contributed by atoms with van der Waals surface area (Å²) in [6.45, 7) is 3.60. The molecular weight excluding hydrogens is 310 g/mol. The molecule has 6 heteroatoms. The highest BCUT2D eigenvalue weighted by Gasteiger charge is 2.35. The Morgan fingerprint density at radius 3 is 2.42 bits per heavy atom. The van der Waals surface area contributed by atoms with Crippen LogP contribution in [0.3, 0.4) is 0 Å². The average molecular weight is 335 g/mol. The minimum atomic E-state index is -0.882. The molecule has 1 saturated carbocycles. The van der Waals surface area contributed by atoms with E-state index in [1.165, 1.54) is 0 Å². The molecule has 0 heterocycles. The molecule has 0 spiro atoms. The van der Waals surface area contributed by atoms with E-state index >= 15 is 0 Å². The molecule has 24 heavy (non-hydrogen) atoms. The van der Waals surface area contributed by atoms with Gasteiger partial charge in [0, 0.05) is 12.3 Å². The average Bonchev–Trinajstić information content (AvgIpc) is 2.60. The van der Waals surface area contributed by atoms with E-state index < -0.39 is 17.8 Å². The van der Waals surface area contributed by atoms with E-state index in [2.05, 4.69) is 5.32 Å². The summed E-state index contributed by atoms with van der Waals surface area (Å²) in [5.74, 6) is -1.44.